The number of carboxylic acids is 1. The molecule has 0 aromatic heterocycles. The lowest BCUT2D eigenvalue weighted by molar-refractivity contribution is -0.310. The van der Waals surface area contributed by atoms with Gasteiger partial charge in [-0.25, -0.2) is 0 Å². The number of hydrogen-bond donors (Lipinski definition) is 1. The number of aliphatic carboxylic acids is 1. The van der Waals surface area contributed by atoms with Crippen LogP contribution in [0.3, 0.4) is 0 Å². The Bertz CT molecular complexity index is 734. The number of rotatable bonds is 7. The molecule has 9 heteroatoms. The second kappa shape index (κ2) is 8.59. The van der Waals surface area contributed by atoms with Crippen molar-refractivity contribution in [1.82, 2.24) is 4.90 Å². The summed E-state index contributed by atoms with van der Waals surface area (Å²) < 4.78 is 5.26. The molecule has 1 aromatic rings. The van der Waals surface area contributed by atoms with Crippen LogP contribution in [0.4, 0.5) is 0 Å². The van der Waals surface area contributed by atoms with Gasteiger partial charge >= 0.3 is 0 Å². The molecular formula is C16H16NO5S3-. The third-order valence-corrected chi connectivity index (χ3v) is 5.50. The number of ether oxygens (including phenoxy) is 1. The van der Waals surface area contributed by atoms with Crippen molar-refractivity contribution in [2.45, 2.75) is 12.5 Å². The fourth-order valence-corrected chi connectivity index (χ4v) is 4.05. The smallest absolute Gasteiger partial charge is 0.266 e. The molecule has 1 aliphatic rings. The van der Waals surface area contributed by atoms with Crippen molar-refractivity contribution in [2.75, 3.05) is 19.1 Å². The van der Waals surface area contributed by atoms with Crippen molar-refractivity contribution in [2.24, 2.45) is 0 Å². The lowest BCUT2D eigenvalue weighted by Gasteiger charge is -2.27. The predicted molar refractivity (Wildman–Crippen MR) is 101 cm³/mol. The van der Waals surface area contributed by atoms with Gasteiger partial charge in [0, 0.05) is 5.56 Å². The van der Waals surface area contributed by atoms with Crippen LogP contribution in [0.15, 0.2) is 23.1 Å². The van der Waals surface area contributed by atoms with Crippen LogP contribution in [-0.2, 0) is 9.59 Å². The number of thiocarbonyl (C=S) groups is 1. The molecule has 0 radical (unpaired) electrons. The molecule has 0 aliphatic carbocycles. The van der Waals surface area contributed by atoms with Gasteiger partial charge in [-0.2, -0.15) is 11.8 Å². The standard InChI is InChI=1S/C16H17NO5S3/c1-22-10-3-4-12(18)9(7-10)8-13-14(19)17(16(23)25-13)11(15(20)21)5-6-24-2/h3-4,7-8,11,18H,5-6H2,1-2H3,(H,20,21)/p-1/b13-8-/t11-/m0/s1. The van der Waals surface area contributed by atoms with Crippen molar-refractivity contribution in [1.29, 1.82) is 0 Å². The van der Waals surface area contributed by atoms with Gasteiger partial charge in [-0.1, -0.05) is 24.0 Å². The molecule has 1 fully saturated rings. The normalized spacial score (nSPS) is 17.2. The number of phenolic OH excluding ortho intramolecular Hbond substituents is 1. The van der Waals surface area contributed by atoms with Crippen LogP contribution < -0.4 is 9.84 Å². The van der Waals surface area contributed by atoms with Gasteiger partial charge in [0.05, 0.1) is 24.0 Å². The molecule has 1 N–H and O–H groups in total. The SMILES string of the molecule is COc1ccc(O)c(/C=C2\SC(=S)N([C@@H](CCSC)C(=O)[O-])C2=O)c1. The molecule has 0 saturated carbocycles. The number of carbonyl (C=O) groups is 2. The zero-order chi connectivity index (χ0) is 18.6. The van der Waals surface area contributed by atoms with Crippen LogP contribution in [0.2, 0.25) is 0 Å². The monoisotopic (exact) mass is 398 g/mol. The van der Waals surface area contributed by atoms with Gasteiger partial charge in [0.25, 0.3) is 5.91 Å². The van der Waals surface area contributed by atoms with Crippen molar-refractivity contribution in [3.8, 4) is 11.5 Å². The van der Waals surface area contributed by atoms with Crippen LogP contribution in [-0.4, -0.2) is 51.4 Å². The van der Waals surface area contributed by atoms with E-state index in [1.165, 1.54) is 31.0 Å². The van der Waals surface area contributed by atoms with E-state index in [-0.39, 0.29) is 21.4 Å². The summed E-state index contributed by atoms with van der Waals surface area (Å²) >= 11 is 7.65. The fraction of sp³-hybridized carbons (Fsp3) is 0.312. The quantitative estimate of drug-likeness (QED) is 0.546. The summed E-state index contributed by atoms with van der Waals surface area (Å²) in [5.41, 5.74) is 0.383. The minimum absolute atomic E-state index is 0.0232. The Hall–Kier alpha value is -1.71. The number of hydrogen-bond acceptors (Lipinski definition) is 8. The average Bonchev–Trinajstić information content (AvgIpc) is 2.84. The number of benzene rings is 1. The summed E-state index contributed by atoms with van der Waals surface area (Å²) in [4.78, 5) is 25.4. The zero-order valence-electron chi connectivity index (χ0n) is 13.6. The van der Waals surface area contributed by atoms with E-state index in [0.717, 1.165) is 16.7 Å². The molecule has 0 unspecified atom stereocenters. The first-order chi connectivity index (χ1) is 11.9. The van der Waals surface area contributed by atoms with E-state index < -0.39 is 17.9 Å². The largest absolute Gasteiger partial charge is 0.548 e. The molecule has 1 saturated heterocycles. The van der Waals surface area contributed by atoms with Crippen molar-refractivity contribution < 1.29 is 24.5 Å². The van der Waals surface area contributed by atoms with Crippen LogP contribution >= 0.6 is 35.7 Å². The molecule has 25 heavy (non-hydrogen) atoms. The Morgan fingerprint density at radius 2 is 2.28 bits per heavy atom. The molecule has 1 aromatic carbocycles. The first kappa shape index (κ1) is 19.6. The zero-order valence-corrected chi connectivity index (χ0v) is 16.0. The van der Waals surface area contributed by atoms with Crippen LogP contribution in [0.1, 0.15) is 12.0 Å². The second-order valence-electron chi connectivity index (χ2n) is 5.09. The fourth-order valence-electron chi connectivity index (χ4n) is 2.25. The van der Waals surface area contributed by atoms with Gasteiger partial charge < -0.3 is 19.7 Å². The van der Waals surface area contributed by atoms with Gasteiger partial charge in [0.15, 0.2) is 0 Å². The number of amides is 1. The van der Waals surface area contributed by atoms with Crippen molar-refractivity contribution in [3.05, 3.63) is 28.7 Å². The Morgan fingerprint density at radius 3 is 2.88 bits per heavy atom. The maximum Gasteiger partial charge on any atom is 0.266 e. The first-order valence-electron chi connectivity index (χ1n) is 7.23. The summed E-state index contributed by atoms with van der Waals surface area (Å²) in [5.74, 6) is -0.786. The molecule has 6 nitrogen and oxygen atoms in total. The lowest BCUT2D eigenvalue weighted by atomic mass is 10.1. The number of thioether (sulfide) groups is 2. The van der Waals surface area contributed by atoms with Gasteiger partial charge in [-0.05, 0) is 42.7 Å². The third kappa shape index (κ3) is 4.47. The number of carboxylic acid groups (broad SMARTS) is 1. The second-order valence-corrected chi connectivity index (χ2v) is 7.75. The van der Waals surface area contributed by atoms with E-state index in [9.17, 15) is 19.8 Å². The summed E-state index contributed by atoms with van der Waals surface area (Å²) in [5, 5.41) is 21.4. The summed E-state index contributed by atoms with van der Waals surface area (Å²) in [6, 6.07) is 3.51. The van der Waals surface area contributed by atoms with E-state index in [0.29, 0.717) is 17.1 Å². The molecule has 0 bridgehead atoms. The van der Waals surface area contributed by atoms with Gasteiger partial charge in [0.2, 0.25) is 0 Å². The van der Waals surface area contributed by atoms with E-state index >= 15 is 0 Å². The molecule has 0 spiro atoms. The van der Waals surface area contributed by atoms with E-state index in [1.807, 2.05) is 6.26 Å². The molecule has 2 rings (SSSR count). The molecule has 1 amide bonds. The van der Waals surface area contributed by atoms with Crippen LogP contribution in [0.25, 0.3) is 6.08 Å². The summed E-state index contributed by atoms with van der Waals surface area (Å²) in [6.45, 7) is 0. The molecule has 134 valence electrons. The number of aromatic hydroxyl groups is 1. The molecule has 1 aliphatic heterocycles. The van der Waals surface area contributed by atoms with Crippen molar-refractivity contribution >= 4 is 58.0 Å². The Balaban J connectivity index is 2.32. The highest BCUT2D eigenvalue weighted by Gasteiger charge is 2.37. The Morgan fingerprint density at radius 1 is 1.56 bits per heavy atom. The maximum absolute atomic E-state index is 12.6. The Kier molecular flexibility index (Phi) is 6.74. The summed E-state index contributed by atoms with van der Waals surface area (Å²) in [7, 11) is 1.49. The molecular weight excluding hydrogens is 382 g/mol. The van der Waals surface area contributed by atoms with Gasteiger partial charge in [-0.15, -0.1) is 0 Å². The topological polar surface area (TPSA) is 89.9 Å². The van der Waals surface area contributed by atoms with Gasteiger partial charge in [0.1, 0.15) is 15.8 Å². The highest BCUT2D eigenvalue weighted by atomic mass is 32.2. The number of nitrogens with zero attached hydrogens (tertiary/aromatic N) is 1. The third-order valence-electron chi connectivity index (χ3n) is 3.52. The minimum Gasteiger partial charge on any atom is -0.548 e. The molecule has 1 atom stereocenters. The van der Waals surface area contributed by atoms with E-state index in [1.54, 1.807) is 12.1 Å². The van der Waals surface area contributed by atoms with E-state index in [4.69, 9.17) is 17.0 Å². The minimum atomic E-state index is -1.34. The highest BCUT2D eigenvalue weighted by molar-refractivity contribution is 8.26. The molecule has 1 heterocycles. The van der Waals surface area contributed by atoms with Crippen molar-refractivity contribution in [3.63, 3.8) is 0 Å². The number of methoxy groups -OCH3 is 1. The number of carbonyl (C=O) groups excluding carboxylic acids is 2. The first-order valence-corrected chi connectivity index (χ1v) is 9.84. The van der Waals surface area contributed by atoms with Gasteiger partial charge in [-0.3, -0.25) is 9.69 Å². The lowest BCUT2D eigenvalue weighted by Crippen LogP contribution is -2.50. The van der Waals surface area contributed by atoms with Crippen LogP contribution in [0.5, 0.6) is 11.5 Å². The average molecular weight is 399 g/mol. The summed E-state index contributed by atoms with van der Waals surface area (Å²) in [6.07, 6.45) is 3.56. The highest BCUT2D eigenvalue weighted by Crippen LogP contribution is 2.36. The maximum atomic E-state index is 12.6. The van der Waals surface area contributed by atoms with Crippen LogP contribution in [0, 0.1) is 0 Å². The Labute approximate surface area is 159 Å². The number of phenols is 1. The van der Waals surface area contributed by atoms with E-state index in [2.05, 4.69) is 0 Å². The predicted octanol–water partition coefficient (Wildman–Crippen LogP) is 1.47.